The number of methoxy groups -OCH3 is 1. The van der Waals surface area contributed by atoms with Crippen LogP contribution in [0.25, 0.3) is 0 Å². The van der Waals surface area contributed by atoms with Crippen LogP contribution in [0.1, 0.15) is 25.7 Å². The fourth-order valence-corrected chi connectivity index (χ4v) is 4.29. The van der Waals surface area contributed by atoms with E-state index in [1.54, 1.807) is 7.11 Å². The number of ether oxygens (including phenoxy) is 1. The number of anilines is 1. The number of hydrogen-bond donors (Lipinski definition) is 1. The molecular formula is C16H24N2O. The SMILES string of the molecule is COc1cccc(N(C)C2(CN)CC3CCC2C3)c1. The molecular weight excluding hydrogens is 236 g/mol. The topological polar surface area (TPSA) is 38.5 Å². The smallest absolute Gasteiger partial charge is 0.120 e. The molecule has 0 heterocycles. The largest absolute Gasteiger partial charge is 0.497 e. The Morgan fingerprint density at radius 3 is 2.84 bits per heavy atom. The van der Waals surface area contributed by atoms with Crippen LogP contribution in [0, 0.1) is 11.8 Å². The summed E-state index contributed by atoms with van der Waals surface area (Å²) in [6, 6.07) is 8.32. The second kappa shape index (κ2) is 4.71. The van der Waals surface area contributed by atoms with Crippen molar-refractivity contribution in [1.29, 1.82) is 0 Å². The van der Waals surface area contributed by atoms with E-state index in [-0.39, 0.29) is 5.54 Å². The van der Waals surface area contributed by atoms with Gasteiger partial charge < -0.3 is 15.4 Å². The molecule has 0 amide bonds. The molecule has 2 fully saturated rings. The van der Waals surface area contributed by atoms with Gasteiger partial charge in [0.05, 0.1) is 12.6 Å². The number of hydrogen-bond acceptors (Lipinski definition) is 3. The second-order valence-corrected chi connectivity index (χ2v) is 6.15. The predicted molar refractivity (Wildman–Crippen MR) is 78.6 cm³/mol. The van der Waals surface area contributed by atoms with E-state index < -0.39 is 0 Å². The summed E-state index contributed by atoms with van der Waals surface area (Å²) in [5, 5.41) is 0. The summed E-state index contributed by atoms with van der Waals surface area (Å²) < 4.78 is 5.34. The number of nitrogens with zero attached hydrogens (tertiary/aromatic N) is 1. The van der Waals surface area contributed by atoms with Crippen LogP contribution in [-0.2, 0) is 0 Å². The van der Waals surface area contributed by atoms with E-state index in [4.69, 9.17) is 10.5 Å². The molecule has 3 atom stereocenters. The second-order valence-electron chi connectivity index (χ2n) is 6.15. The van der Waals surface area contributed by atoms with Crippen LogP contribution < -0.4 is 15.4 Å². The van der Waals surface area contributed by atoms with E-state index in [1.807, 2.05) is 6.07 Å². The van der Waals surface area contributed by atoms with Crippen LogP contribution in [0.3, 0.4) is 0 Å². The zero-order valence-corrected chi connectivity index (χ0v) is 11.9. The molecule has 0 radical (unpaired) electrons. The van der Waals surface area contributed by atoms with Gasteiger partial charge in [-0.2, -0.15) is 0 Å². The Labute approximate surface area is 115 Å². The summed E-state index contributed by atoms with van der Waals surface area (Å²) in [4.78, 5) is 2.42. The number of nitrogens with two attached hydrogens (primary N) is 1. The van der Waals surface area contributed by atoms with Crippen LogP contribution in [0.2, 0.25) is 0 Å². The average Bonchev–Trinajstić information content (AvgIpc) is 3.07. The molecule has 3 rings (SSSR count). The van der Waals surface area contributed by atoms with Crippen LogP contribution in [0.15, 0.2) is 24.3 Å². The molecule has 2 aliphatic rings. The summed E-state index contributed by atoms with van der Waals surface area (Å²) in [5.41, 5.74) is 7.57. The predicted octanol–water partition coefficient (Wildman–Crippen LogP) is 2.65. The van der Waals surface area contributed by atoms with Gasteiger partial charge in [-0.05, 0) is 49.7 Å². The van der Waals surface area contributed by atoms with Crippen LogP contribution in [0.5, 0.6) is 5.75 Å². The monoisotopic (exact) mass is 260 g/mol. The minimum Gasteiger partial charge on any atom is -0.497 e. The molecule has 1 aromatic carbocycles. The van der Waals surface area contributed by atoms with E-state index in [0.29, 0.717) is 0 Å². The van der Waals surface area contributed by atoms with Crippen molar-refractivity contribution < 1.29 is 4.74 Å². The van der Waals surface area contributed by atoms with Gasteiger partial charge in [0.25, 0.3) is 0 Å². The van der Waals surface area contributed by atoms with Crippen molar-refractivity contribution in [1.82, 2.24) is 0 Å². The maximum absolute atomic E-state index is 6.19. The fraction of sp³-hybridized carbons (Fsp3) is 0.625. The molecule has 3 heteroatoms. The van der Waals surface area contributed by atoms with Crippen molar-refractivity contribution in [3.8, 4) is 5.75 Å². The zero-order chi connectivity index (χ0) is 13.5. The lowest BCUT2D eigenvalue weighted by atomic mass is 9.79. The molecule has 2 aliphatic carbocycles. The van der Waals surface area contributed by atoms with Gasteiger partial charge in [-0.15, -0.1) is 0 Å². The van der Waals surface area contributed by atoms with Gasteiger partial charge in [0.1, 0.15) is 5.75 Å². The van der Waals surface area contributed by atoms with E-state index >= 15 is 0 Å². The van der Waals surface area contributed by atoms with E-state index in [9.17, 15) is 0 Å². The molecule has 0 saturated heterocycles. The van der Waals surface area contributed by atoms with Crippen LogP contribution >= 0.6 is 0 Å². The highest BCUT2D eigenvalue weighted by molar-refractivity contribution is 5.53. The third-order valence-corrected chi connectivity index (χ3v) is 5.41. The number of rotatable bonds is 4. The highest BCUT2D eigenvalue weighted by atomic mass is 16.5. The summed E-state index contributed by atoms with van der Waals surface area (Å²) in [6.45, 7) is 0.752. The van der Waals surface area contributed by atoms with Gasteiger partial charge in [0.2, 0.25) is 0 Å². The normalized spacial score (nSPS) is 32.6. The summed E-state index contributed by atoms with van der Waals surface area (Å²) in [6.07, 6.45) is 5.36. The summed E-state index contributed by atoms with van der Waals surface area (Å²) in [7, 11) is 3.91. The van der Waals surface area contributed by atoms with Crippen molar-refractivity contribution in [2.75, 3.05) is 25.6 Å². The standard InChI is InChI=1S/C16H24N2O/c1-18(14-4-3-5-15(9-14)19-2)16(11-17)10-12-6-7-13(16)8-12/h3-5,9,12-13H,6-8,10-11,17H2,1-2H3. The molecule has 104 valence electrons. The van der Waals surface area contributed by atoms with E-state index in [0.717, 1.165) is 24.1 Å². The van der Waals surface area contributed by atoms with E-state index in [1.165, 1.54) is 31.4 Å². The molecule has 0 spiro atoms. The first-order chi connectivity index (χ1) is 9.19. The highest BCUT2D eigenvalue weighted by Gasteiger charge is 2.52. The van der Waals surface area contributed by atoms with Gasteiger partial charge in [-0.1, -0.05) is 6.07 Å². The molecule has 1 aromatic rings. The van der Waals surface area contributed by atoms with Gasteiger partial charge >= 0.3 is 0 Å². The van der Waals surface area contributed by atoms with Crippen molar-refractivity contribution in [2.45, 2.75) is 31.2 Å². The Morgan fingerprint density at radius 2 is 2.26 bits per heavy atom. The van der Waals surface area contributed by atoms with Gasteiger partial charge in [0.15, 0.2) is 0 Å². The first kappa shape index (κ1) is 12.8. The molecule has 19 heavy (non-hydrogen) atoms. The lowest BCUT2D eigenvalue weighted by Crippen LogP contribution is -2.56. The first-order valence-corrected chi connectivity index (χ1v) is 7.27. The average molecular weight is 260 g/mol. The lowest BCUT2D eigenvalue weighted by Gasteiger charge is -2.46. The van der Waals surface area contributed by atoms with Crippen LogP contribution in [0.4, 0.5) is 5.69 Å². The molecule has 2 N–H and O–H groups in total. The molecule has 2 bridgehead atoms. The van der Waals surface area contributed by atoms with Crippen molar-refractivity contribution in [3.05, 3.63) is 24.3 Å². The molecule has 0 aromatic heterocycles. The minimum atomic E-state index is 0.162. The van der Waals surface area contributed by atoms with Gasteiger partial charge in [-0.25, -0.2) is 0 Å². The number of fused-ring (bicyclic) bond motifs is 2. The Morgan fingerprint density at radius 1 is 1.42 bits per heavy atom. The van der Waals surface area contributed by atoms with Crippen LogP contribution in [-0.4, -0.2) is 26.2 Å². The quantitative estimate of drug-likeness (QED) is 0.904. The molecule has 2 saturated carbocycles. The van der Waals surface area contributed by atoms with Gasteiger partial charge in [0, 0.05) is 25.3 Å². The Bertz CT molecular complexity index is 462. The third-order valence-electron chi connectivity index (χ3n) is 5.41. The van der Waals surface area contributed by atoms with Crippen molar-refractivity contribution in [3.63, 3.8) is 0 Å². The van der Waals surface area contributed by atoms with Crippen molar-refractivity contribution in [2.24, 2.45) is 17.6 Å². The fourth-order valence-electron chi connectivity index (χ4n) is 4.29. The number of likely N-dealkylation sites (N-methyl/N-ethyl adjacent to an activating group) is 1. The molecule has 3 nitrogen and oxygen atoms in total. The maximum Gasteiger partial charge on any atom is 0.120 e. The van der Waals surface area contributed by atoms with Crippen molar-refractivity contribution >= 4 is 5.69 Å². The molecule has 3 unspecified atom stereocenters. The minimum absolute atomic E-state index is 0.162. The Kier molecular flexibility index (Phi) is 3.17. The Balaban J connectivity index is 1.91. The third kappa shape index (κ3) is 1.91. The summed E-state index contributed by atoms with van der Waals surface area (Å²) in [5.74, 6) is 2.57. The lowest BCUT2D eigenvalue weighted by molar-refractivity contribution is 0.267. The van der Waals surface area contributed by atoms with E-state index in [2.05, 4.69) is 30.1 Å². The number of benzene rings is 1. The van der Waals surface area contributed by atoms with Gasteiger partial charge in [-0.3, -0.25) is 0 Å². The first-order valence-electron chi connectivity index (χ1n) is 7.27. The highest BCUT2D eigenvalue weighted by Crippen LogP contribution is 2.53. The summed E-state index contributed by atoms with van der Waals surface area (Å²) >= 11 is 0. The Hall–Kier alpha value is -1.22. The molecule has 0 aliphatic heterocycles. The zero-order valence-electron chi connectivity index (χ0n) is 11.9. The maximum atomic E-state index is 6.19.